The number of anilines is 2. The molecule has 0 bridgehead atoms. The Morgan fingerprint density at radius 2 is 1.48 bits per heavy atom. The lowest BCUT2D eigenvalue weighted by molar-refractivity contribution is 0.0949. The van der Waals surface area contributed by atoms with Gasteiger partial charge in [-0.1, -0.05) is 12.1 Å². The minimum Gasteiger partial charge on any atom is -0.349 e. The second-order valence-corrected chi connectivity index (χ2v) is 7.47. The summed E-state index contributed by atoms with van der Waals surface area (Å²) in [7, 11) is 0. The topological polar surface area (TPSA) is 100 Å². The summed E-state index contributed by atoms with van der Waals surface area (Å²) in [6, 6.07) is 15.5. The van der Waals surface area contributed by atoms with Crippen LogP contribution in [0, 0.1) is 6.92 Å². The summed E-state index contributed by atoms with van der Waals surface area (Å²) in [5.74, 6) is -0.791. The van der Waals surface area contributed by atoms with Gasteiger partial charge >= 0.3 is 0 Å². The Kier molecular flexibility index (Phi) is 5.75. The normalized spacial score (nSPS) is 12.7. The lowest BCUT2D eigenvalue weighted by atomic mass is 10.1. The van der Waals surface area contributed by atoms with E-state index in [4.69, 9.17) is 0 Å². The van der Waals surface area contributed by atoms with Crippen molar-refractivity contribution in [2.24, 2.45) is 0 Å². The Bertz CT molecular complexity index is 1120. The van der Waals surface area contributed by atoms with Gasteiger partial charge in [0, 0.05) is 35.2 Å². The molecule has 31 heavy (non-hydrogen) atoms. The number of carbonyl (C=O) groups is 3. The van der Waals surface area contributed by atoms with Crippen molar-refractivity contribution >= 4 is 29.1 Å². The third kappa shape index (κ3) is 4.95. The van der Waals surface area contributed by atoms with Gasteiger partial charge in [0.05, 0.1) is 11.3 Å². The van der Waals surface area contributed by atoms with Gasteiger partial charge in [-0.3, -0.25) is 19.4 Å². The van der Waals surface area contributed by atoms with Crippen LogP contribution < -0.4 is 16.0 Å². The Morgan fingerprint density at radius 1 is 0.806 bits per heavy atom. The second kappa shape index (κ2) is 8.79. The van der Waals surface area contributed by atoms with Gasteiger partial charge in [0.1, 0.15) is 0 Å². The zero-order valence-corrected chi connectivity index (χ0v) is 17.0. The molecule has 0 radical (unpaired) electrons. The van der Waals surface area contributed by atoms with E-state index in [0.717, 1.165) is 18.4 Å². The van der Waals surface area contributed by atoms with Gasteiger partial charge in [-0.15, -0.1) is 0 Å². The Hall–Kier alpha value is -4.00. The highest BCUT2D eigenvalue weighted by molar-refractivity contribution is 6.13. The fraction of sp³-hybridized carbons (Fsp3) is 0.167. The lowest BCUT2D eigenvalue weighted by Gasteiger charge is -2.14. The van der Waals surface area contributed by atoms with Crippen molar-refractivity contribution < 1.29 is 14.4 Å². The average molecular weight is 414 g/mol. The van der Waals surface area contributed by atoms with Gasteiger partial charge in [0.15, 0.2) is 0 Å². The molecule has 7 nitrogen and oxygen atoms in total. The molecule has 7 heteroatoms. The summed E-state index contributed by atoms with van der Waals surface area (Å²) in [4.78, 5) is 41.5. The van der Waals surface area contributed by atoms with Crippen molar-refractivity contribution in [1.82, 2.24) is 10.3 Å². The van der Waals surface area contributed by atoms with Gasteiger partial charge in [-0.25, -0.2) is 0 Å². The highest BCUT2D eigenvalue weighted by Gasteiger charge is 2.23. The SMILES string of the molecule is Cc1cccc(C(=O)Nc2ccc(C(=O)NC3CC3)cc2)c1NC(=O)c1ccncc1. The van der Waals surface area contributed by atoms with Crippen LogP contribution in [0.25, 0.3) is 0 Å². The van der Waals surface area contributed by atoms with Gasteiger partial charge in [-0.05, 0) is 67.8 Å². The molecule has 3 N–H and O–H groups in total. The summed E-state index contributed by atoms with van der Waals surface area (Å²) < 4.78 is 0. The number of hydrogen-bond donors (Lipinski definition) is 3. The van der Waals surface area contributed by atoms with E-state index in [1.165, 1.54) is 12.4 Å². The maximum Gasteiger partial charge on any atom is 0.257 e. The van der Waals surface area contributed by atoms with Crippen LogP contribution in [0.15, 0.2) is 67.0 Å². The number of para-hydroxylation sites is 1. The molecule has 0 aliphatic heterocycles. The van der Waals surface area contributed by atoms with E-state index in [9.17, 15) is 14.4 Å². The maximum absolute atomic E-state index is 12.9. The molecular weight excluding hydrogens is 392 g/mol. The maximum atomic E-state index is 12.9. The molecule has 4 rings (SSSR count). The first-order valence-electron chi connectivity index (χ1n) is 10.0. The summed E-state index contributed by atoms with van der Waals surface area (Å²) in [6.45, 7) is 1.83. The summed E-state index contributed by atoms with van der Waals surface area (Å²) in [6.07, 6.45) is 5.12. The highest BCUT2D eigenvalue weighted by Crippen LogP contribution is 2.23. The van der Waals surface area contributed by atoms with Crippen molar-refractivity contribution in [2.45, 2.75) is 25.8 Å². The number of carbonyl (C=O) groups excluding carboxylic acids is 3. The number of nitrogens with one attached hydrogen (secondary N) is 3. The first-order valence-corrected chi connectivity index (χ1v) is 10.0. The second-order valence-electron chi connectivity index (χ2n) is 7.47. The molecular formula is C24H22N4O3. The van der Waals surface area contributed by atoms with E-state index in [1.54, 1.807) is 48.5 Å². The predicted octanol–water partition coefficient (Wildman–Crippen LogP) is 3.79. The quantitative estimate of drug-likeness (QED) is 0.571. The van der Waals surface area contributed by atoms with Crippen molar-refractivity contribution in [3.63, 3.8) is 0 Å². The first-order chi connectivity index (χ1) is 15.0. The fourth-order valence-electron chi connectivity index (χ4n) is 3.11. The van der Waals surface area contributed by atoms with E-state index in [1.807, 2.05) is 13.0 Å². The summed E-state index contributed by atoms with van der Waals surface area (Å²) in [5, 5.41) is 8.59. The van der Waals surface area contributed by atoms with Gasteiger partial charge in [-0.2, -0.15) is 0 Å². The molecule has 1 aromatic heterocycles. The molecule has 3 aromatic rings. The number of amides is 3. The molecule has 1 fully saturated rings. The number of aryl methyl sites for hydroxylation is 1. The van der Waals surface area contributed by atoms with Crippen LogP contribution >= 0.6 is 0 Å². The van der Waals surface area contributed by atoms with E-state index >= 15 is 0 Å². The standard InChI is InChI=1S/C24H22N4O3/c1-15-3-2-4-20(21(15)28-23(30)17-11-13-25-14-12-17)24(31)27-18-7-5-16(6-8-18)22(29)26-19-9-10-19/h2-8,11-14,19H,9-10H2,1H3,(H,26,29)(H,27,31)(H,28,30). The summed E-state index contributed by atoms with van der Waals surface area (Å²) in [5.41, 5.74) is 3.11. The number of aromatic nitrogens is 1. The molecule has 156 valence electrons. The average Bonchev–Trinajstić information content (AvgIpc) is 3.60. The van der Waals surface area contributed by atoms with Crippen molar-refractivity contribution in [3.05, 3.63) is 89.2 Å². The molecule has 1 saturated carbocycles. The number of nitrogens with zero attached hydrogens (tertiary/aromatic N) is 1. The van der Waals surface area contributed by atoms with Crippen LogP contribution in [-0.2, 0) is 0 Å². The van der Waals surface area contributed by atoms with Crippen LogP contribution in [0.4, 0.5) is 11.4 Å². The van der Waals surface area contributed by atoms with Crippen molar-refractivity contribution in [2.75, 3.05) is 10.6 Å². The van der Waals surface area contributed by atoms with Gasteiger partial charge < -0.3 is 16.0 Å². The van der Waals surface area contributed by atoms with Crippen LogP contribution in [0.5, 0.6) is 0 Å². The van der Waals surface area contributed by atoms with Crippen molar-refractivity contribution in [1.29, 1.82) is 0 Å². The van der Waals surface area contributed by atoms with E-state index in [-0.39, 0.29) is 23.8 Å². The zero-order valence-electron chi connectivity index (χ0n) is 17.0. The van der Waals surface area contributed by atoms with E-state index in [2.05, 4.69) is 20.9 Å². The third-order valence-corrected chi connectivity index (χ3v) is 5.02. The van der Waals surface area contributed by atoms with Crippen LogP contribution in [-0.4, -0.2) is 28.7 Å². The number of hydrogen-bond acceptors (Lipinski definition) is 4. The van der Waals surface area contributed by atoms with Crippen molar-refractivity contribution in [3.8, 4) is 0 Å². The highest BCUT2D eigenvalue weighted by atomic mass is 16.2. The minimum atomic E-state index is -0.357. The lowest BCUT2D eigenvalue weighted by Crippen LogP contribution is -2.25. The largest absolute Gasteiger partial charge is 0.349 e. The molecule has 2 aromatic carbocycles. The molecule has 1 aliphatic carbocycles. The van der Waals surface area contributed by atoms with E-state index < -0.39 is 0 Å². The minimum absolute atomic E-state index is 0.111. The Morgan fingerprint density at radius 3 is 2.16 bits per heavy atom. The molecule has 0 saturated heterocycles. The first kappa shape index (κ1) is 20.3. The smallest absolute Gasteiger partial charge is 0.257 e. The fourth-order valence-corrected chi connectivity index (χ4v) is 3.11. The molecule has 0 atom stereocenters. The number of benzene rings is 2. The Labute approximate surface area is 179 Å². The zero-order chi connectivity index (χ0) is 21.8. The Balaban J connectivity index is 1.49. The summed E-state index contributed by atoms with van der Waals surface area (Å²) >= 11 is 0. The van der Waals surface area contributed by atoms with Crippen LogP contribution in [0.2, 0.25) is 0 Å². The number of pyridine rings is 1. The van der Waals surface area contributed by atoms with Gasteiger partial charge in [0.2, 0.25) is 0 Å². The van der Waals surface area contributed by atoms with E-state index in [0.29, 0.717) is 28.1 Å². The molecule has 0 unspecified atom stereocenters. The third-order valence-electron chi connectivity index (χ3n) is 5.02. The van der Waals surface area contributed by atoms with Crippen LogP contribution in [0.3, 0.4) is 0 Å². The number of rotatable bonds is 6. The monoisotopic (exact) mass is 414 g/mol. The predicted molar refractivity (Wildman–Crippen MR) is 118 cm³/mol. The van der Waals surface area contributed by atoms with Gasteiger partial charge in [0.25, 0.3) is 17.7 Å². The molecule has 3 amide bonds. The molecule has 1 aliphatic rings. The van der Waals surface area contributed by atoms with Crippen LogP contribution in [0.1, 0.15) is 49.5 Å². The molecule has 0 spiro atoms. The molecule has 1 heterocycles.